The van der Waals surface area contributed by atoms with Crippen LogP contribution in [0.5, 0.6) is 0 Å². The summed E-state index contributed by atoms with van der Waals surface area (Å²) in [4.78, 5) is 36.1. The molecule has 0 bridgehead atoms. The van der Waals surface area contributed by atoms with Gasteiger partial charge in [-0.1, -0.05) is 30.3 Å². The lowest BCUT2D eigenvalue weighted by Crippen LogP contribution is -2.36. The fourth-order valence-electron chi connectivity index (χ4n) is 3.43. The van der Waals surface area contributed by atoms with Crippen molar-refractivity contribution in [2.45, 2.75) is 19.9 Å². The maximum absolute atomic E-state index is 12.6. The van der Waals surface area contributed by atoms with Crippen LogP contribution in [0.1, 0.15) is 13.3 Å². The van der Waals surface area contributed by atoms with Crippen LogP contribution in [0, 0.1) is 5.92 Å². The van der Waals surface area contributed by atoms with Gasteiger partial charge in [-0.25, -0.2) is 4.68 Å². The second kappa shape index (κ2) is 8.20. The lowest BCUT2D eigenvalue weighted by molar-refractivity contribution is -0.125. The Morgan fingerprint density at radius 3 is 2.40 bits per heavy atom. The highest BCUT2D eigenvalue weighted by molar-refractivity contribution is 6.00. The van der Waals surface area contributed by atoms with E-state index in [1.807, 2.05) is 30.3 Å². The summed E-state index contributed by atoms with van der Waals surface area (Å²) >= 11 is 0. The topological polar surface area (TPSA) is 105 Å². The molecule has 30 heavy (non-hydrogen) atoms. The molecule has 1 aromatic heterocycles. The summed E-state index contributed by atoms with van der Waals surface area (Å²) in [5, 5.41) is 12.7. The molecule has 4 rings (SSSR count). The molecule has 1 aliphatic rings. The first-order valence-electron chi connectivity index (χ1n) is 9.59. The van der Waals surface area contributed by atoms with Gasteiger partial charge in [0.15, 0.2) is 0 Å². The monoisotopic (exact) mass is 403 g/mol. The fourth-order valence-corrected chi connectivity index (χ4v) is 3.43. The van der Waals surface area contributed by atoms with Crippen molar-refractivity contribution < 1.29 is 14.4 Å². The molecule has 0 spiro atoms. The number of hydrogen-bond donors (Lipinski definition) is 3. The smallest absolute Gasteiger partial charge is 0.231 e. The van der Waals surface area contributed by atoms with Gasteiger partial charge in [-0.3, -0.25) is 14.4 Å². The van der Waals surface area contributed by atoms with Gasteiger partial charge in [-0.15, -0.1) is 0 Å². The Morgan fingerprint density at radius 2 is 1.73 bits per heavy atom. The van der Waals surface area contributed by atoms with E-state index in [-0.39, 0.29) is 24.1 Å². The van der Waals surface area contributed by atoms with Crippen molar-refractivity contribution in [3.05, 3.63) is 60.8 Å². The third-order valence-corrected chi connectivity index (χ3v) is 4.85. The number of aromatic nitrogens is 2. The highest BCUT2D eigenvalue weighted by atomic mass is 16.2. The SMILES string of the molecule is CC(=O)Nc1ccc(NC(=O)C[C@@H]2Cn3ncc(-c4ccccc4)c3NC2=O)cc1. The van der Waals surface area contributed by atoms with Gasteiger partial charge >= 0.3 is 0 Å². The molecule has 1 aliphatic heterocycles. The maximum atomic E-state index is 12.6. The van der Waals surface area contributed by atoms with E-state index in [0.29, 0.717) is 23.7 Å². The lowest BCUT2D eigenvalue weighted by Gasteiger charge is -2.24. The van der Waals surface area contributed by atoms with Gasteiger partial charge in [0.2, 0.25) is 17.7 Å². The van der Waals surface area contributed by atoms with Crippen LogP contribution in [0.2, 0.25) is 0 Å². The van der Waals surface area contributed by atoms with Crippen molar-refractivity contribution in [3.63, 3.8) is 0 Å². The van der Waals surface area contributed by atoms with Crippen LogP contribution in [-0.4, -0.2) is 27.5 Å². The molecule has 0 aliphatic carbocycles. The molecule has 2 heterocycles. The highest BCUT2D eigenvalue weighted by Gasteiger charge is 2.30. The van der Waals surface area contributed by atoms with Crippen molar-refractivity contribution in [2.75, 3.05) is 16.0 Å². The van der Waals surface area contributed by atoms with Crippen molar-refractivity contribution in [3.8, 4) is 11.1 Å². The molecule has 152 valence electrons. The van der Waals surface area contributed by atoms with Crippen LogP contribution < -0.4 is 16.0 Å². The minimum Gasteiger partial charge on any atom is -0.326 e. The van der Waals surface area contributed by atoms with E-state index in [9.17, 15) is 14.4 Å². The predicted molar refractivity (Wildman–Crippen MR) is 114 cm³/mol. The first kappa shape index (κ1) is 19.4. The molecule has 2 aromatic carbocycles. The number of carbonyl (C=O) groups excluding carboxylic acids is 3. The van der Waals surface area contributed by atoms with E-state index in [4.69, 9.17) is 0 Å². The molecular formula is C22H21N5O3. The molecule has 0 saturated carbocycles. The Hall–Kier alpha value is -3.94. The summed E-state index contributed by atoms with van der Waals surface area (Å²) in [6, 6.07) is 16.5. The Bertz CT molecular complexity index is 1090. The first-order chi connectivity index (χ1) is 14.5. The number of nitrogens with zero attached hydrogens (tertiary/aromatic N) is 2. The van der Waals surface area contributed by atoms with Gasteiger partial charge in [0.25, 0.3) is 0 Å². The van der Waals surface area contributed by atoms with E-state index in [0.717, 1.165) is 11.1 Å². The Labute approximate surface area is 173 Å². The molecular weight excluding hydrogens is 382 g/mol. The second-order valence-corrected chi connectivity index (χ2v) is 7.15. The van der Waals surface area contributed by atoms with E-state index in [1.54, 1.807) is 35.1 Å². The molecule has 8 heteroatoms. The molecule has 3 aromatic rings. The second-order valence-electron chi connectivity index (χ2n) is 7.15. The number of amides is 3. The summed E-state index contributed by atoms with van der Waals surface area (Å²) in [5.41, 5.74) is 3.06. The minimum atomic E-state index is -0.514. The zero-order chi connectivity index (χ0) is 21.1. The van der Waals surface area contributed by atoms with Gasteiger partial charge in [-0.05, 0) is 29.8 Å². The van der Waals surface area contributed by atoms with Crippen molar-refractivity contribution in [1.82, 2.24) is 9.78 Å². The standard InChI is InChI=1S/C22H21N5O3/c1-14(28)24-17-7-9-18(10-8-17)25-20(29)11-16-13-27-21(26-22(16)30)19(12-23-27)15-5-3-2-4-6-15/h2-10,12,16H,11,13H2,1H3,(H,24,28)(H,25,29)(H,26,30)/t16-/m1/s1. The van der Waals surface area contributed by atoms with Gasteiger partial charge < -0.3 is 16.0 Å². The normalized spacial score (nSPS) is 15.1. The van der Waals surface area contributed by atoms with Gasteiger partial charge in [-0.2, -0.15) is 5.10 Å². The molecule has 3 amide bonds. The summed E-state index contributed by atoms with van der Waals surface area (Å²) in [5.74, 6) is -0.489. The zero-order valence-electron chi connectivity index (χ0n) is 16.4. The third kappa shape index (κ3) is 4.22. The van der Waals surface area contributed by atoms with Crippen LogP contribution >= 0.6 is 0 Å². The summed E-state index contributed by atoms with van der Waals surface area (Å²) < 4.78 is 1.73. The van der Waals surface area contributed by atoms with Crippen LogP contribution in [0.3, 0.4) is 0 Å². The van der Waals surface area contributed by atoms with Gasteiger partial charge in [0, 0.05) is 30.3 Å². The van der Waals surface area contributed by atoms with Crippen molar-refractivity contribution >= 4 is 34.9 Å². The van der Waals surface area contributed by atoms with E-state index < -0.39 is 5.92 Å². The predicted octanol–water partition coefficient (Wildman–Crippen LogP) is 3.11. The molecule has 3 N–H and O–H groups in total. The van der Waals surface area contributed by atoms with E-state index in [2.05, 4.69) is 21.0 Å². The zero-order valence-corrected chi connectivity index (χ0v) is 16.4. The molecule has 0 fully saturated rings. The Balaban J connectivity index is 1.40. The number of nitrogens with one attached hydrogen (secondary N) is 3. The number of hydrogen-bond acceptors (Lipinski definition) is 4. The average Bonchev–Trinajstić information content (AvgIpc) is 3.12. The Kier molecular flexibility index (Phi) is 5.30. The van der Waals surface area contributed by atoms with Gasteiger partial charge in [0.1, 0.15) is 5.82 Å². The number of carbonyl (C=O) groups is 3. The molecule has 8 nitrogen and oxygen atoms in total. The molecule has 0 unspecified atom stereocenters. The summed E-state index contributed by atoms with van der Waals surface area (Å²) in [6.45, 7) is 1.77. The average molecular weight is 403 g/mol. The molecule has 0 saturated heterocycles. The van der Waals surface area contributed by atoms with Crippen LogP contribution in [0.15, 0.2) is 60.8 Å². The lowest BCUT2D eigenvalue weighted by atomic mass is 10.0. The molecule has 0 radical (unpaired) electrons. The fraction of sp³-hybridized carbons (Fsp3) is 0.182. The largest absolute Gasteiger partial charge is 0.326 e. The number of rotatable bonds is 5. The summed E-state index contributed by atoms with van der Waals surface area (Å²) in [7, 11) is 0. The molecule has 1 atom stereocenters. The minimum absolute atomic E-state index is 0.0409. The number of anilines is 3. The van der Waals surface area contributed by atoms with E-state index in [1.165, 1.54) is 6.92 Å². The maximum Gasteiger partial charge on any atom is 0.231 e. The number of benzene rings is 2. The van der Waals surface area contributed by atoms with Crippen molar-refractivity contribution in [1.29, 1.82) is 0 Å². The third-order valence-electron chi connectivity index (χ3n) is 4.85. The highest BCUT2D eigenvalue weighted by Crippen LogP contribution is 2.31. The van der Waals surface area contributed by atoms with Gasteiger partial charge in [0.05, 0.1) is 18.7 Å². The van der Waals surface area contributed by atoms with Crippen LogP contribution in [0.25, 0.3) is 11.1 Å². The van der Waals surface area contributed by atoms with Crippen LogP contribution in [0.4, 0.5) is 17.2 Å². The Morgan fingerprint density at radius 1 is 1.07 bits per heavy atom. The quantitative estimate of drug-likeness (QED) is 0.609. The summed E-state index contributed by atoms with van der Waals surface area (Å²) in [6.07, 6.45) is 1.77. The first-order valence-corrected chi connectivity index (χ1v) is 9.59. The van der Waals surface area contributed by atoms with Crippen LogP contribution in [-0.2, 0) is 20.9 Å². The number of fused-ring (bicyclic) bond motifs is 1. The van der Waals surface area contributed by atoms with E-state index >= 15 is 0 Å². The van der Waals surface area contributed by atoms with Crippen molar-refractivity contribution in [2.24, 2.45) is 5.92 Å².